The molecule has 0 aliphatic rings. The number of hydrogen-bond acceptors (Lipinski definition) is 6. The minimum atomic E-state index is 0.387. The molecule has 1 N–H and O–H groups in total. The van der Waals surface area contributed by atoms with Crippen LogP contribution in [0.3, 0.4) is 0 Å². The minimum absolute atomic E-state index is 0.387. The number of nitrogens with zero attached hydrogens (tertiary/aromatic N) is 4. The quantitative estimate of drug-likeness (QED) is 0.589. The Hall–Kier alpha value is -3.54. The lowest BCUT2D eigenvalue weighted by Crippen LogP contribution is -2.01. The van der Waals surface area contributed by atoms with Crippen molar-refractivity contribution < 1.29 is 4.74 Å². The lowest BCUT2D eigenvalue weighted by molar-refractivity contribution is 0.299. The number of ether oxygens (including phenoxy) is 1. The molecule has 2 aromatic heterocycles. The fourth-order valence-corrected chi connectivity index (χ4v) is 2.69. The van der Waals surface area contributed by atoms with Crippen molar-refractivity contribution in [2.45, 2.75) is 13.5 Å². The summed E-state index contributed by atoms with van der Waals surface area (Å²) < 4.78 is 5.84. The number of nitrogens with one attached hydrogen (secondary N) is 1. The summed E-state index contributed by atoms with van der Waals surface area (Å²) >= 11 is 0. The van der Waals surface area contributed by atoms with Gasteiger partial charge in [0, 0.05) is 23.5 Å². The summed E-state index contributed by atoms with van der Waals surface area (Å²) in [7, 11) is 0. The zero-order valence-electron chi connectivity index (χ0n) is 14.3. The van der Waals surface area contributed by atoms with Crippen LogP contribution in [0.5, 0.6) is 5.75 Å². The maximum Gasteiger partial charge on any atom is 0.141 e. The minimum Gasteiger partial charge on any atom is -0.487 e. The van der Waals surface area contributed by atoms with Crippen LogP contribution in [0, 0.1) is 6.92 Å². The molecule has 0 spiro atoms. The van der Waals surface area contributed by atoms with E-state index in [-0.39, 0.29) is 0 Å². The zero-order chi connectivity index (χ0) is 17.8. The molecule has 2 heterocycles. The molecule has 6 nitrogen and oxygen atoms in total. The van der Waals surface area contributed by atoms with E-state index < -0.39 is 0 Å². The topological polar surface area (TPSA) is 72.8 Å². The molecule has 0 atom stereocenters. The first-order chi connectivity index (χ1) is 12.8. The third-order valence-corrected chi connectivity index (χ3v) is 3.97. The highest BCUT2D eigenvalue weighted by atomic mass is 16.5. The SMILES string of the molecule is Cc1cc(Nc2ncnc3ccccc23)ccc1OCc1cnccn1. The van der Waals surface area contributed by atoms with E-state index in [4.69, 9.17) is 4.74 Å². The number of benzene rings is 2. The van der Waals surface area contributed by atoms with E-state index in [9.17, 15) is 0 Å². The van der Waals surface area contributed by atoms with Crippen molar-refractivity contribution in [1.82, 2.24) is 19.9 Å². The Balaban J connectivity index is 1.52. The van der Waals surface area contributed by atoms with E-state index in [0.717, 1.165) is 39.4 Å². The van der Waals surface area contributed by atoms with Crippen molar-refractivity contribution in [2.24, 2.45) is 0 Å². The highest BCUT2D eigenvalue weighted by Crippen LogP contribution is 2.27. The first kappa shape index (κ1) is 16.0. The van der Waals surface area contributed by atoms with Gasteiger partial charge in [-0.05, 0) is 42.8 Å². The van der Waals surface area contributed by atoms with E-state index in [1.54, 1.807) is 24.9 Å². The average molecular weight is 343 g/mol. The van der Waals surface area contributed by atoms with Gasteiger partial charge < -0.3 is 10.1 Å². The molecule has 128 valence electrons. The average Bonchev–Trinajstić information content (AvgIpc) is 2.68. The van der Waals surface area contributed by atoms with Crippen molar-refractivity contribution in [2.75, 3.05) is 5.32 Å². The molecule has 2 aromatic carbocycles. The molecular formula is C20H17N5O. The number of para-hydroxylation sites is 1. The van der Waals surface area contributed by atoms with Gasteiger partial charge in [-0.25, -0.2) is 9.97 Å². The number of aryl methyl sites for hydroxylation is 1. The number of aromatic nitrogens is 4. The van der Waals surface area contributed by atoms with Crippen LogP contribution in [0.2, 0.25) is 0 Å². The standard InChI is InChI=1S/C20H17N5O/c1-14-10-15(6-7-19(14)26-12-16-11-21-8-9-22-16)25-20-17-4-2-3-5-18(17)23-13-24-20/h2-11,13H,12H2,1H3,(H,23,24,25). The van der Waals surface area contributed by atoms with E-state index in [0.29, 0.717) is 6.61 Å². The molecule has 0 saturated carbocycles. The molecule has 26 heavy (non-hydrogen) atoms. The molecule has 0 aliphatic heterocycles. The Bertz CT molecular complexity index is 1030. The Morgan fingerprint density at radius 3 is 2.77 bits per heavy atom. The summed E-state index contributed by atoms with van der Waals surface area (Å²) in [6.45, 7) is 2.40. The normalized spacial score (nSPS) is 10.7. The molecule has 0 saturated heterocycles. The maximum atomic E-state index is 5.84. The smallest absolute Gasteiger partial charge is 0.141 e. The van der Waals surface area contributed by atoms with Crippen molar-refractivity contribution in [1.29, 1.82) is 0 Å². The van der Waals surface area contributed by atoms with Gasteiger partial charge in [-0.2, -0.15) is 0 Å². The van der Waals surface area contributed by atoms with Crippen LogP contribution in [0.4, 0.5) is 11.5 Å². The van der Waals surface area contributed by atoms with Gasteiger partial charge in [-0.3, -0.25) is 9.97 Å². The van der Waals surface area contributed by atoms with Crippen molar-refractivity contribution >= 4 is 22.4 Å². The lowest BCUT2D eigenvalue weighted by atomic mass is 10.2. The first-order valence-electron chi connectivity index (χ1n) is 8.25. The predicted octanol–water partition coefficient (Wildman–Crippen LogP) is 4.05. The second kappa shape index (κ2) is 7.14. The highest BCUT2D eigenvalue weighted by Gasteiger charge is 2.06. The molecule has 0 unspecified atom stereocenters. The second-order valence-electron chi connectivity index (χ2n) is 5.83. The molecule has 0 fully saturated rings. The monoisotopic (exact) mass is 343 g/mol. The van der Waals surface area contributed by atoms with Crippen LogP contribution in [0.15, 0.2) is 67.4 Å². The first-order valence-corrected chi connectivity index (χ1v) is 8.25. The van der Waals surface area contributed by atoms with Gasteiger partial charge >= 0.3 is 0 Å². The van der Waals surface area contributed by atoms with Crippen LogP contribution in [0.1, 0.15) is 11.3 Å². The van der Waals surface area contributed by atoms with E-state index in [1.807, 2.05) is 49.4 Å². The second-order valence-corrected chi connectivity index (χ2v) is 5.83. The predicted molar refractivity (Wildman–Crippen MR) is 100 cm³/mol. The highest BCUT2D eigenvalue weighted by molar-refractivity contribution is 5.90. The summed E-state index contributed by atoms with van der Waals surface area (Å²) in [6.07, 6.45) is 6.57. The molecule has 6 heteroatoms. The van der Waals surface area contributed by atoms with Gasteiger partial charge in [-0.15, -0.1) is 0 Å². The van der Waals surface area contributed by atoms with Crippen molar-refractivity contribution in [3.8, 4) is 5.75 Å². The molecule has 4 rings (SSSR count). The van der Waals surface area contributed by atoms with Crippen molar-refractivity contribution in [3.63, 3.8) is 0 Å². The Morgan fingerprint density at radius 2 is 1.92 bits per heavy atom. The summed E-state index contributed by atoms with van der Waals surface area (Å²) in [5, 5.41) is 4.34. The van der Waals surface area contributed by atoms with Crippen LogP contribution in [0.25, 0.3) is 10.9 Å². The van der Waals surface area contributed by atoms with Crippen molar-refractivity contribution in [3.05, 3.63) is 78.6 Å². The van der Waals surface area contributed by atoms with Crippen LogP contribution in [-0.4, -0.2) is 19.9 Å². The van der Waals surface area contributed by atoms with E-state index in [2.05, 4.69) is 25.3 Å². The summed E-state index contributed by atoms with van der Waals surface area (Å²) in [5.41, 5.74) is 3.67. The number of hydrogen-bond donors (Lipinski definition) is 1. The largest absolute Gasteiger partial charge is 0.487 e. The van der Waals surface area contributed by atoms with Gasteiger partial charge in [0.25, 0.3) is 0 Å². The summed E-state index contributed by atoms with van der Waals surface area (Å²) in [5.74, 6) is 1.59. The van der Waals surface area contributed by atoms with Crippen LogP contribution >= 0.6 is 0 Å². The van der Waals surface area contributed by atoms with Crippen LogP contribution in [-0.2, 0) is 6.61 Å². The Kier molecular flexibility index (Phi) is 4.38. The summed E-state index contributed by atoms with van der Waals surface area (Å²) in [4.78, 5) is 16.9. The molecule has 0 amide bonds. The molecular weight excluding hydrogens is 326 g/mol. The van der Waals surface area contributed by atoms with Gasteiger partial charge in [-0.1, -0.05) is 12.1 Å². The summed E-state index contributed by atoms with van der Waals surface area (Å²) in [6, 6.07) is 13.9. The van der Waals surface area contributed by atoms with Gasteiger partial charge in [0.05, 0.1) is 17.4 Å². The van der Waals surface area contributed by atoms with E-state index in [1.165, 1.54) is 0 Å². The number of anilines is 2. The molecule has 0 bridgehead atoms. The number of rotatable bonds is 5. The molecule has 4 aromatic rings. The third kappa shape index (κ3) is 3.44. The molecule has 0 radical (unpaired) electrons. The number of fused-ring (bicyclic) bond motifs is 1. The zero-order valence-corrected chi connectivity index (χ0v) is 14.3. The van der Waals surface area contributed by atoms with Gasteiger partial charge in [0.2, 0.25) is 0 Å². The van der Waals surface area contributed by atoms with Gasteiger partial charge in [0.1, 0.15) is 24.5 Å². The van der Waals surface area contributed by atoms with Gasteiger partial charge in [0.15, 0.2) is 0 Å². The lowest BCUT2D eigenvalue weighted by Gasteiger charge is -2.12. The molecule has 0 aliphatic carbocycles. The fourth-order valence-electron chi connectivity index (χ4n) is 2.69. The maximum absolute atomic E-state index is 5.84. The van der Waals surface area contributed by atoms with Crippen LogP contribution < -0.4 is 10.1 Å². The Morgan fingerprint density at radius 1 is 1.00 bits per heavy atom. The fraction of sp³-hybridized carbons (Fsp3) is 0.100. The van der Waals surface area contributed by atoms with E-state index >= 15 is 0 Å². The third-order valence-electron chi connectivity index (χ3n) is 3.97. The Labute approximate surface area is 150 Å².